The highest BCUT2D eigenvalue weighted by Gasteiger charge is 2.19. The van der Waals surface area contributed by atoms with Crippen molar-refractivity contribution in [3.05, 3.63) is 28.8 Å². The predicted molar refractivity (Wildman–Crippen MR) is 84.2 cm³/mol. The van der Waals surface area contributed by atoms with Crippen molar-refractivity contribution in [2.24, 2.45) is 5.92 Å². The van der Waals surface area contributed by atoms with Gasteiger partial charge in [-0.05, 0) is 56.2 Å². The molecule has 0 saturated heterocycles. The van der Waals surface area contributed by atoms with Crippen LogP contribution in [-0.4, -0.2) is 18.5 Å². The van der Waals surface area contributed by atoms with Gasteiger partial charge in [-0.2, -0.15) is 0 Å². The van der Waals surface area contributed by atoms with E-state index in [2.05, 4.69) is 17.6 Å². The molecule has 2 rings (SSSR count). The van der Waals surface area contributed by atoms with E-state index in [1.54, 1.807) is 0 Å². The van der Waals surface area contributed by atoms with Gasteiger partial charge in [0.2, 0.25) is 5.91 Å². The highest BCUT2D eigenvalue weighted by Crippen LogP contribution is 2.24. The molecule has 1 saturated carbocycles. The molecule has 1 aromatic carbocycles. The zero-order valence-electron chi connectivity index (χ0n) is 12.2. The molecule has 0 radical (unpaired) electrons. The molecule has 110 valence electrons. The zero-order chi connectivity index (χ0) is 14.5. The number of benzene rings is 1. The molecule has 0 unspecified atom stereocenters. The van der Waals surface area contributed by atoms with Crippen molar-refractivity contribution in [2.45, 2.75) is 45.6 Å². The summed E-state index contributed by atoms with van der Waals surface area (Å²) < 4.78 is 0. The molecule has 0 bridgehead atoms. The van der Waals surface area contributed by atoms with E-state index in [0.29, 0.717) is 11.1 Å². The third-order valence-electron chi connectivity index (χ3n) is 3.94. The van der Waals surface area contributed by atoms with Gasteiger partial charge in [-0.3, -0.25) is 4.79 Å². The van der Waals surface area contributed by atoms with Crippen molar-refractivity contribution in [2.75, 3.05) is 11.9 Å². The summed E-state index contributed by atoms with van der Waals surface area (Å²) >= 11 is 6.13. The first-order valence-corrected chi connectivity index (χ1v) is 7.72. The summed E-state index contributed by atoms with van der Waals surface area (Å²) in [5, 5.41) is 6.85. The topological polar surface area (TPSA) is 41.1 Å². The van der Waals surface area contributed by atoms with E-state index in [0.717, 1.165) is 30.0 Å². The zero-order valence-corrected chi connectivity index (χ0v) is 13.0. The molecule has 4 heteroatoms. The Morgan fingerprint density at radius 2 is 2.00 bits per heavy atom. The number of aryl methyl sites for hydroxylation is 1. The summed E-state index contributed by atoms with van der Waals surface area (Å²) in [7, 11) is 0. The number of nitrogens with one attached hydrogen (secondary N) is 2. The van der Waals surface area contributed by atoms with Gasteiger partial charge in [0.25, 0.3) is 0 Å². The maximum absolute atomic E-state index is 11.9. The summed E-state index contributed by atoms with van der Waals surface area (Å²) in [5.41, 5.74) is 1.92. The summed E-state index contributed by atoms with van der Waals surface area (Å²) in [6.07, 6.45) is 4.61. The number of carbonyl (C=O) groups is 1. The Balaban J connectivity index is 1.77. The monoisotopic (exact) mass is 294 g/mol. The fourth-order valence-corrected chi connectivity index (χ4v) is 2.92. The SMILES string of the molecule is Cc1ccc(NCC(=O)NC2CCC(C)CC2)c(Cl)c1. The van der Waals surface area contributed by atoms with Crippen LogP contribution in [0, 0.1) is 12.8 Å². The number of carbonyl (C=O) groups excluding carboxylic acids is 1. The van der Waals surface area contributed by atoms with E-state index in [9.17, 15) is 4.79 Å². The number of rotatable bonds is 4. The Hall–Kier alpha value is -1.22. The first-order chi connectivity index (χ1) is 9.54. The molecule has 0 heterocycles. The number of anilines is 1. The molecule has 0 aromatic heterocycles. The molecule has 20 heavy (non-hydrogen) atoms. The largest absolute Gasteiger partial charge is 0.375 e. The Morgan fingerprint density at radius 1 is 1.30 bits per heavy atom. The minimum Gasteiger partial charge on any atom is -0.375 e. The molecular weight excluding hydrogens is 272 g/mol. The van der Waals surface area contributed by atoms with E-state index < -0.39 is 0 Å². The number of halogens is 1. The molecule has 1 aliphatic carbocycles. The van der Waals surface area contributed by atoms with E-state index in [-0.39, 0.29) is 12.5 Å². The molecule has 2 N–H and O–H groups in total. The molecule has 0 aliphatic heterocycles. The van der Waals surface area contributed by atoms with Crippen LogP contribution in [0.25, 0.3) is 0 Å². The summed E-state index contributed by atoms with van der Waals surface area (Å²) in [6.45, 7) is 4.54. The molecular formula is C16H23ClN2O. The number of hydrogen-bond donors (Lipinski definition) is 2. The van der Waals surface area contributed by atoms with Crippen LogP contribution in [0.3, 0.4) is 0 Å². The second-order valence-electron chi connectivity index (χ2n) is 5.86. The van der Waals surface area contributed by atoms with Crippen LogP contribution in [0.15, 0.2) is 18.2 Å². The fraction of sp³-hybridized carbons (Fsp3) is 0.562. The molecule has 1 aromatic rings. The minimum absolute atomic E-state index is 0.0428. The number of amides is 1. The van der Waals surface area contributed by atoms with Gasteiger partial charge in [0.1, 0.15) is 0 Å². The standard InChI is InChI=1S/C16H23ClN2O/c1-11-3-6-13(7-4-11)19-16(20)10-18-15-8-5-12(2)9-14(15)17/h5,8-9,11,13,18H,3-4,6-7,10H2,1-2H3,(H,19,20). The van der Waals surface area contributed by atoms with Crippen molar-refractivity contribution < 1.29 is 4.79 Å². The number of hydrogen-bond acceptors (Lipinski definition) is 2. The van der Waals surface area contributed by atoms with Gasteiger partial charge < -0.3 is 10.6 Å². The molecule has 3 nitrogen and oxygen atoms in total. The summed E-state index contributed by atoms with van der Waals surface area (Å²) in [6, 6.07) is 6.13. The maximum Gasteiger partial charge on any atom is 0.239 e. The normalized spacial score (nSPS) is 22.4. The van der Waals surface area contributed by atoms with Crippen LogP contribution >= 0.6 is 11.6 Å². The summed E-state index contributed by atoms with van der Waals surface area (Å²) in [5.74, 6) is 0.842. The van der Waals surface area contributed by atoms with Crippen molar-refractivity contribution >= 4 is 23.2 Å². The summed E-state index contributed by atoms with van der Waals surface area (Å²) in [4.78, 5) is 11.9. The highest BCUT2D eigenvalue weighted by molar-refractivity contribution is 6.33. The van der Waals surface area contributed by atoms with Gasteiger partial charge in [-0.1, -0.05) is 24.6 Å². The maximum atomic E-state index is 11.9. The van der Waals surface area contributed by atoms with Crippen LogP contribution in [-0.2, 0) is 4.79 Å². The van der Waals surface area contributed by atoms with Crippen molar-refractivity contribution in [1.82, 2.24) is 5.32 Å². The van der Waals surface area contributed by atoms with Gasteiger partial charge in [0.05, 0.1) is 17.3 Å². The van der Waals surface area contributed by atoms with E-state index >= 15 is 0 Å². The van der Waals surface area contributed by atoms with Gasteiger partial charge in [-0.25, -0.2) is 0 Å². The average molecular weight is 295 g/mol. The molecule has 1 amide bonds. The molecule has 1 aliphatic rings. The first kappa shape index (κ1) is 15.2. The van der Waals surface area contributed by atoms with Crippen molar-refractivity contribution in [3.63, 3.8) is 0 Å². The van der Waals surface area contributed by atoms with E-state index in [4.69, 9.17) is 11.6 Å². The molecule has 1 fully saturated rings. The van der Waals surface area contributed by atoms with E-state index in [1.807, 2.05) is 25.1 Å². The predicted octanol–water partition coefficient (Wildman–Crippen LogP) is 3.76. The Kier molecular flexibility index (Phi) is 5.30. The lowest BCUT2D eigenvalue weighted by Crippen LogP contribution is -2.40. The Bertz CT molecular complexity index is 468. The lowest BCUT2D eigenvalue weighted by atomic mass is 9.87. The van der Waals surface area contributed by atoms with Gasteiger partial charge >= 0.3 is 0 Å². The van der Waals surface area contributed by atoms with Gasteiger partial charge in [0.15, 0.2) is 0 Å². The highest BCUT2D eigenvalue weighted by atomic mass is 35.5. The van der Waals surface area contributed by atoms with Gasteiger partial charge in [0, 0.05) is 6.04 Å². The molecule has 0 spiro atoms. The fourth-order valence-electron chi connectivity index (χ4n) is 2.62. The van der Waals surface area contributed by atoms with Crippen LogP contribution in [0.2, 0.25) is 5.02 Å². The first-order valence-electron chi connectivity index (χ1n) is 7.34. The Morgan fingerprint density at radius 3 is 2.65 bits per heavy atom. The van der Waals surface area contributed by atoms with Crippen molar-refractivity contribution in [3.8, 4) is 0 Å². The van der Waals surface area contributed by atoms with Crippen LogP contribution in [0.4, 0.5) is 5.69 Å². The van der Waals surface area contributed by atoms with Crippen LogP contribution in [0.1, 0.15) is 38.2 Å². The minimum atomic E-state index is 0.0428. The quantitative estimate of drug-likeness (QED) is 0.888. The van der Waals surface area contributed by atoms with E-state index in [1.165, 1.54) is 12.8 Å². The smallest absolute Gasteiger partial charge is 0.239 e. The lowest BCUT2D eigenvalue weighted by molar-refractivity contribution is -0.120. The van der Waals surface area contributed by atoms with Crippen LogP contribution in [0.5, 0.6) is 0 Å². The Labute approximate surface area is 126 Å². The van der Waals surface area contributed by atoms with Gasteiger partial charge in [-0.15, -0.1) is 0 Å². The molecule has 0 atom stereocenters. The third kappa shape index (κ3) is 4.41. The second-order valence-corrected chi connectivity index (χ2v) is 6.27. The third-order valence-corrected chi connectivity index (χ3v) is 4.26. The lowest BCUT2D eigenvalue weighted by Gasteiger charge is -2.27. The van der Waals surface area contributed by atoms with Crippen LogP contribution < -0.4 is 10.6 Å². The average Bonchev–Trinajstić information content (AvgIpc) is 2.40. The van der Waals surface area contributed by atoms with Crippen molar-refractivity contribution in [1.29, 1.82) is 0 Å². The second kappa shape index (κ2) is 6.98.